The molecular formula is C31H50F2O. The molecule has 2 fully saturated rings. The van der Waals surface area contributed by atoms with Crippen LogP contribution >= 0.6 is 0 Å². The van der Waals surface area contributed by atoms with E-state index in [1.54, 1.807) is 12.1 Å². The molecule has 0 aliphatic heterocycles. The van der Waals surface area contributed by atoms with Gasteiger partial charge in [0.2, 0.25) is 5.82 Å². The Bertz CT molecular complexity index is 687. The van der Waals surface area contributed by atoms with Gasteiger partial charge in [0.05, 0.1) is 6.61 Å². The Hall–Kier alpha value is -1.12. The Balaban J connectivity index is 1.40. The lowest BCUT2D eigenvalue weighted by Crippen LogP contribution is -2.25. The van der Waals surface area contributed by atoms with E-state index in [2.05, 4.69) is 13.8 Å². The second-order valence-electron chi connectivity index (χ2n) is 11.3. The molecule has 3 heteroatoms. The highest BCUT2D eigenvalue weighted by molar-refractivity contribution is 5.33. The van der Waals surface area contributed by atoms with E-state index in [9.17, 15) is 8.78 Å². The van der Waals surface area contributed by atoms with Crippen molar-refractivity contribution in [3.05, 3.63) is 29.3 Å². The lowest BCUT2D eigenvalue weighted by molar-refractivity contribution is 0.155. The Kier molecular flexibility index (Phi) is 12.2. The van der Waals surface area contributed by atoms with Crippen LogP contribution in [0.4, 0.5) is 8.78 Å². The number of halogens is 2. The standard InChI is InChI=1S/C31H50F2O/c1-3-5-7-8-9-11-23-34-29-22-21-28(30(32)31(29)33)27-19-17-26(18-20-27)25-15-13-24(14-16-25)12-10-6-4-2/h21-22,24-27H,3-20,23H2,1-2H3/t24-,25-,26?,27?. The fourth-order valence-corrected chi connectivity index (χ4v) is 6.57. The molecule has 0 saturated heterocycles. The van der Waals surface area contributed by atoms with Crippen LogP contribution in [0.1, 0.15) is 141 Å². The van der Waals surface area contributed by atoms with Crippen molar-refractivity contribution in [2.75, 3.05) is 6.61 Å². The van der Waals surface area contributed by atoms with Crippen LogP contribution in [-0.2, 0) is 0 Å². The van der Waals surface area contributed by atoms with Crippen LogP contribution in [0.3, 0.4) is 0 Å². The zero-order chi connectivity index (χ0) is 24.2. The maximum atomic E-state index is 14.9. The molecule has 194 valence electrons. The number of benzene rings is 1. The maximum absolute atomic E-state index is 14.9. The average Bonchev–Trinajstić information content (AvgIpc) is 2.87. The summed E-state index contributed by atoms with van der Waals surface area (Å²) in [5.74, 6) is 1.40. The van der Waals surface area contributed by atoms with E-state index in [0.29, 0.717) is 12.2 Å². The Morgan fingerprint density at radius 3 is 1.94 bits per heavy atom. The molecular weight excluding hydrogens is 426 g/mol. The molecule has 0 bridgehead atoms. The molecule has 0 amide bonds. The summed E-state index contributed by atoms with van der Waals surface area (Å²) in [6, 6.07) is 3.46. The smallest absolute Gasteiger partial charge is 0.200 e. The summed E-state index contributed by atoms with van der Waals surface area (Å²) < 4.78 is 35.2. The summed E-state index contributed by atoms with van der Waals surface area (Å²) in [6.45, 7) is 4.96. The first-order valence-corrected chi connectivity index (χ1v) is 14.7. The van der Waals surface area contributed by atoms with Crippen LogP contribution in [0.15, 0.2) is 12.1 Å². The van der Waals surface area contributed by atoms with Gasteiger partial charge in [0.1, 0.15) is 0 Å². The SMILES string of the molecule is CCCCCCCCOc1ccc(C2CCC([C@H]3CC[C@H](CCCCC)CC3)CC2)c(F)c1F. The second kappa shape index (κ2) is 15.1. The largest absolute Gasteiger partial charge is 0.490 e. The molecule has 3 rings (SSSR count). The topological polar surface area (TPSA) is 9.23 Å². The normalized spacial score (nSPS) is 25.4. The Morgan fingerprint density at radius 2 is 1.26 bits per heavy atom. The van der Waals surface area contributed by atoms with Gasteiger partial charge >= 0.3 is 0 Å². The van der Waals surface area contributed by atoms with Crippen molar-refractivity contribution in [3.8, 4) is 5.75 Å². The molecule has 0 radical (unpaired) electrons. The summed E-state index contributed by atoms with van der Waals surface area (Å²) in [6.07, 6.45) is 22.4. The van der Waals surface area contributed by atoms with E-state index in [1.807, 2.05) is 0 Å². The highest BCUT2D eigenvalue weighted by Gasteiger charge is 2.32. The number of ether oxygens (including phenoxy) is 1. The zero-order valence-electron chi connectivity index (χ0n) is 22.1. The van der Waals surface area contributed by atoms with E-state index in [4.69, 9.17) is 4.74 Å². The predicted molar refractivity (Wildman–Crippen MR) is 140 cm³/mol. The number of hydrogen-bond acceptors (Lipinski definition) is 1. The highest BCUT2D eigenvalue weighted by atomic mass is 19.2. The van der Waals surface area contributed by atoms with Gasteiger partial charge in [0, 0.05) is 0 Å². The first-order chi connectivity index (χ1) is 16.6. The molecule has 1 nitrogen and oxygen atoms in total. The minimum atomic E-state index is -0.785. The molecule has 1 aromatic carbocycles. The third kappa shape index (κ3) is 8.23. The molecule has 2 aliphatic rings. The minimum Gasteiger partial charge on any atom is -0.490 e. The zero-order valence-corrected chi connectivity index (χ0v) is 22.1. The molecule has 1 aromatic rings. The van der Waals surface area contributed by atoms with Crippen molar-refractivity contribution in [2.24, 2.45) is 17.8 Å². The first-order valence-electron chi connectivity index (χ1n) is 14.7. The minimum absolute atomic E-state index is 0.0826. The van der Waals surface area contributed by atoms with E-state index in [1.165, 1.54) is 89.9 Å². The molecule has 0 atom stereocenters. The summed E-state index contributed by atoms with van der Waals surface area (Å²) in [5, 5.41) is 0. The fraction of sp³-hybridized carbons (Fsp3) is 0.806. The lowest BCUT2D eigenvalue weighted by atomic mass is 9.68. The van der Waals surface area contributed by atoms with Gasteiger partial charge in [-0.1, -0.05) is 90.5 Å². The highest BCUT2D eigenvalue weighted by Crippen LogP contribution is 2.45. The third-order valence-corrected chi connectivity index (χ3v) is 8.82. The first kappa shape index (κ1) is 27.5. The average molecular weight is 477 g/mol. The molecule has 2 aliphatic carbocycles. The number of hydrogen-bond donors (Lipinski definition) is 0. The molecule has 2 saturated carbocycles. The van der Waals surface area contributed by atoms with Crippen LogP contribution in [0.25, 0.3) is 0 Å². The van der Waals surface area contributed by atoms with E-state index < -0.39 is 11.6 Å². The van der Waals surface area contributed by atoms with Gasteiger partial charge in [0.25, 0.3) is 0 Å². The van der Waals surface area contributed by atoms with Gasteiger partial charge < -0.3 is 4.74 Å². The van der Waals surface area contributed by atoms with Gasteiger partial charge in [-0.3, -0.25) is 0 Å². The van der Waals surface area contributed by atoms with Crippen molar-refractivity contribution in [1.29, 1.82) is 0 Å². The van der Waals surface area contributed by atoms with Gasteiger partial charge in [0.15, 0.2) is 11.6 Å². The monoisotopic (exact) mass is 476 g/mol. The molecule has 34 heavy (non-hydrogen) atoms. The van der Waals surface area contributed by atoms with Crippen molar-refractivity contribution in [1.82, 2.24) is 0 Å². The number of unbranched alkanes of at least 4 members (excludes halogenated alkanes) is 7. The van der Waals surface area contributed by atoms with Crippen LogP contribution < -0.4 is 4.74 Å². The van der Waals surface area contributed by atoms with Crippen molar-refractivity contribution in [3.63, 3.8) is 0 Å². The molecule has 0 spiro atoms. The van der Waals surface area contributed by atoms with Gasteiger partial charge in [-0.25, -0.2) is 4.39 Å². The Labute approximate surface area is 208 Å². The van der Waals surface area contributed by atoms with Crippen molar-refractivity contribution >= 4 is 0 Å². The van der Waals surface area contributed by atoms with E-state index in [0.717, 1.165) is 43.4 Å². The molecule has 0 aromatic heterocycles. The Morgan fingerprint density at radius 1 is 0.676 bits per heavy atom. The second-order valence-corrected chi connectivity index (χ2v) is 11.3. The summed E-state index contributed by atoms with van der Waals surface area (Å²) >= 11 is 0. The summed E-state index contributed by atoms with van der Waals surface area (Å²) in [7, 11) is 0. The van der Waals surface area contributed by atoms with Crippen LogP contribution in [0.2, 0.25) is 0 Å². The number of rotatable bonds is 14. The quantitative estimate of drug-likeness (QED) is 0.243. The van der Waals surface area contributed by atoms with Crippen LogP contribution in [0.5, 0.6) is 5.75 Å². The summed E-state index contributed by atoms with van der Waals surface area (Å²) in [4.78, 5) is 0. The van der Waals surface area contributed by atoms with E-state index in [-0.39, 0.29) is 11.7 Å². The lowest BCUT2D eigenvalue weighted by Gasteiger charge is -2.38. The predicted octanol–water partition coefficient (Wildman–Crippen LogP) is 10.4. The van der Waals surface area contributed by atoms with Gasteiger partial charge in [-0.05, 0) is 80.2 Å². The van der Waals surface area contributed by atoms with Crippen molar-refractivity contribution in [2.45, 2.75) is 135 Å². The van der Waals surface area contributed by atoms with Crippen molar-refractivity contribution < 1.29 is 13.5 Å². The van der Waals surface area contributed by atoms with E-state index >= 15 is 0 Å². The fourth-order valence-electron chi connectivity index (χ4n) is 6.57. The molecule has 0 heterocycles. The maximum Gasteiger partial charge on any atom is 0.200 e. The third-order valence-electron chi connectivity index (χ3n) is 8.82. The van der Waals surface area contributed by atoms with Gasteiger partial charge in [-0.2, -0.15) is 4.39 Å². The van der Waals surface area contributed by atoms with Gasteiger partial charge in [-0.15, -0.1) is 0 Å². The summed E-state index contributed by atoms with van der Waals surface area (Å²) in [5.41, 5.74) is 0.572. The van der Waals surface area contributed by atoms with Crippen LogP contribution in [0, 0.1) is 29.4 Å². The molecule has 0 unspecified atom stereocenters. The van der Waals surface area contributed by atoms with Crippen LogP contribution in [-0.4, -0.2) is 6.61 Å². The molecule has 0 N–H and O–H groups in total.